The first-order valence-electron chi connectivity index (χ1n) is 6.66. The lowest BCUT2D eigenvalue weighted by atomic mass is 9.86. The van der Waals surface area contributed by atoms with Crippen LogP contribution in [0.1, 0.15) is 48.4 Å². The molecule has 0 heterocycles. The minimum Gasteiger partial charge on any atom is -0.390 e. The predicted molar refractivity (Wildman–Crippen MR) is 72.3 cm³/mol. The molecule has 0 spiro atoms. The molecule has 94 valence electrons. The largest absolute Gasteiger partial charge is 0.390 e. The van der Waals surface area contributed by atoms with E-state index in [1.807, 2.05) is 6.92 Å². The van der Waals surface area contributed by atoms with Gasteiger partial charge in [-0.25, -0.2) is 0 Å². The molecule has 0 saturated heterocycles. The Morgan fingerprint density at radius 3 is 2.18 bits per heavy atom. The van der Waals surface area contributed by atoms with E-state index in [0.717, 1.165) is 18.8 Å². The van der Waals surface area contributed by atoms with Crippen molar-refractivity contribution in [2.45, 2.75) is 59.0 Å². The Balaban J connectivity index is 2.16. The quantitative estimate of drug-likeness (QED) is 0.839. The van der Waals surface area contributed by atoms with Crippen LogP contribution in [0.15, 0.2) is 12.1 Å². The van der Waals surface area contributed by atoms with Gasteiger partial charge in [0.15, 0.2) is 0 Å². The summed E-state index contributed by atoms with van der Waals surface area (Å²) in [5.41, 5.74) is 4.75. The maximum Gasteiger partial charge on any atom is 0.0662 e. The molecule has 0 radical (unpaired) electrons. The summed E-state index contributed by atoms with van der Waals surface area (Å²) in [6.45, 7) is 8.43. The average molecular weight is 232 g/mol. The molecule has 1 atom stereocenters. The number of hydrogen-bond acceptors (Lipinski definition) is 1. The SMILES string of the molecule is Cc1cc(C)c(CC(C)(O)CC2CC2)c(C)c1. The molecular formula is C16H24O. The van der Waals surface area contributed by atoms with Crippen LogP contribution in [0.2, 0.25) is 0 Å². The minimum absolute atomic E-state index is 0.536. The fourth-order valence-corrected chi connectivity index (χ4v) is 2.89. The minimum atomic E-state index is -0.536. The van der Waals surface area contributed by atoms with Gasteiger partial charge in [-0.1, -0.05) is 30.5 Å². The predicted octanol–water partition coefficient (Wildman–Crippen LogP) is 3.71. The lowest BCUT2D eigenvalue weighted by Crippen LogP contribution is -2.28. The maximum absolute atomic E-state index is 10.5. The topological polar surface area (TPSA) is 20.2 Å². The van der Waals surface area contributed by atoms with E-state index in [1.54, 1.807) is 0 Å². The maximum atomic E-state index is 10.5. The van der Waals surface area contributed by atoms with E-state index in [2.05, 4.69) is 32.9 Å². The molecule has 1 saturated carbocycles. The van der Waals surface area contributed by atoms with Crippen molar-refractivity contribution in [1.82, 2.24) is 0 Å². The van der Waals surface area contributed by atoms with Gasteiger partial charge in [0, 0.05) is 6.42 Å². The highest BCUT2D eigenvalue weighted by atomic mass is 16.3. The van der Waals surface area contributed by atoms with E-state index in [4.69, 9.17) is 0 Å². The van der Waals surface area contributed by atoms with Gasteiger partial charge in [-0.15, -0.1) is 0 Å². The van der Waals surface area contributed by atoms with Crippen molar-refractivity contribution in [2.75, 3.05) is 0 Å². The summed E-state index contributed by atoms with van der Waals surface area (Å²) < 4.78 is 0. The summed E-state index contributed by atoms with van der Waals surface area (Å²) in [6.07, 6.45) is 4.37. The molecule has 1 fully saturated rings. The Labute approximate surface area is 105 Å². The summed E-state index contributed by atoms with van der Waals surface area (Å²) in [7, 11) is 0. The van der Waals surface area contributed by atoms with Gasteiger partial charge in [0.25, 0.3) is 0 Å². The molecule has 1 aliphatic carbocycles. The normalized spacial score (nSPS) is 19.1. The van der Waals surface area contributed by atoms with Crippen molar-refractivity contribution in [3.8, 4) is 0 Å². The third-order valence-corrected chi connectivity index (χ3v) is 3.82. The van der Waals surface area contributed by atoms with Crippen LogP contribution in [0.3, 0.4) is 0 Å². The summed E-state index contributed by atoms with van der Waals surface area (Å²) in [4.78, 5) is 0. The molecule has 1 N–H and O–H groups in total. The Morgan fingerprint density at radius 1 is 1.18 bits per heavy atom. The third kappa shape index (κ3) is 3.32. The van der Waals surface area contributed by atoms with Crippen molar-refractivity contribution < 1.29 is 5.11 Å². The van der Waals surface area contributed by atoms with Crippen LogP contribution in [-0.2, 0) is 6.42 Å². The van der Waals surface area contributed by atoms with E-state index < -0.39 is 5.60 Å². The van der Waals surface area contributed by atoms with Gasteiger partial charge in [0.1, 0.15) is 0 Å². The Kier molecular flexibility index (Phi) is 3.31. The van der Waals surface area contributed by atoms with Gasteiger partial charge in [0.05, 0.1) is 5.60 Å². The van der Waals surface area contributed by atoms with Crippen molar-refractivity contribution >= 4 is 0 Å². The molecular weight excluding hydrogens is 208 g/mol. The van der Waals surface area contributed by atoms with Crippen LogP contribution in [0.5, 0.6) is 0 Å². The highest BCUT2D eigenvalue weighted by molar-refractivity contribution is 5.38. The van der Waals surface area contributed by atoms with E-state index in [0.29, 0.717) is 0 Å². The molecule has 0 bridgehead atoms. The zero-order valence-electron chi connectivity index (χ0n) is 11.5. The first kappa shape index (κ1) is 12.6. The van der Waals surface area contributed by atoms with Crippen LogP contribution in [-0.4, -0.2) is 10.7 Å². The lowest BCUT2D eigenvalue weighted by Gasteiger charge is -2.25. The number of rotatable bonds is 4. The molecule has 2 rings (SSSR count). The van der Waals surface area contributed by atoms with Gasteiger partial charge in [-0.05, 0) is 56.7 Å². The number of aryl methyl sites for hydroxylation is 3. The zero-order valence-corrected chi connectivity index (χ0v) is 11.5. The van der Waals surface area contributed by atoms with Gasteiger partial charge in [-0.2, -0.15) is 0 Å². The molecule has 1 nitrogen and oxygen atoms in total. The second-order valence-corrected chi connectivity index (χ2v) is 6.20. The molecule has 1 aromatic carbocycles. The molecule has 17 heavy (non-hydrogen) atoms. The van der Waals surface area contributed by atoms with Crippen molar-refractivity contribution in [3.63, 3.8) is 0 Å². The highest BCUT2D eigenvalue weighted by Crippen LogP contribution is 2.38. The van der Waals surface area contributed by atoms with E-state index in [9.17, 15) is 5.11 Å². The van der Waals surface area contributed by atoms with Gasteiger partial charge < -0.3 is 5.11 Å². The first-order chi connectivity index (χ1) is 7.87. The van der Waals surface area contributed by atoms with Gasteiger partial charge in [0.2, 0.25) is 0 Å². The average Bonchev–Trinajstić information content (AvgIpc) is 2.94. The van der Waals surface area contributed by atoms with Crippen LogP contribution in [0, 0.1) is 26.7 Å². The molecule has 0 aromatic heterocycles. The molecule has 1 aliphatic rings. The van der Waals surface area contributed by atoms with Crippen molar-refractivity contribution in [1.29, 1.82) is 0 Å². The van der Waals surface area contributed by atoms with Crippen molar-refractivity contribution in [2.24, 2.45) is 5.92 Å². The van der Waals surface area contributed by atoms with Crippen LogP contribution in [0.4, 0.5) is 0 Å². The van der Waals surface area contributed by atoms with E-state index >= 15 is 0 Å². The van der Waals surface area contributed by atoms with Crippen molar-refractivity contribution in [3.05, 3.63) is 34.4 Å². The van der Waals surface area contributed by atoms with Crippen LogP contribution < -0.4 is 0 Å². The number of benzene rings is 1. The Hall–Kier alpha value is -0.820. The van der Waals surface area contributed by atoms with Gasteiger partial charge in [-0.3, -0.25) is 0 Å². The van der Waals surface area contributed by atoms with Crippen LogP contribution in [0.25, 0.3) is 0 Å². The number of hydrogen-bond donors (Lipinski definition) is 1. The molecule has 1 aromatic rings. The second kappa shape index (κ2) is 4.45. The second-order valence-electron chi connectivity index (χ2n) is 6.20. The number of aliphatic hydroxyl groups is 1. The monoisotopic (exact) mass is 232 g/mol. The summed E-state index contributed by atoms with van der Waals surface area (Å²) in [5.74, 6) is 0.774. The lowest BCUT2D eigenvalue weighted by molar-refractivity contribution is 0.0452. The smallest absolute Gasteiger partial charge is 0.0662 e. The summed E-state index contributed by atoms with van der Waals surface area (Å²) in [6, 6.07) is 4.44. The van der Waals surface area contributed by atoms with E-state index in [1.165, 1.54) is 35.1 Å². The third-order valence-electron chi connectivity index (χ3n) is 3.82. The molecule has 1 heteroatoms. The fraction of sp³-hybridized carbons (Fsp3) is 0.625. The molecule has 0 aliphatic heterocycles. The first-order valence-corrected chi connectivity index (χ1v) is 6.66. The standard InChI is InChI=1S/C16H24O/c1-11-7-12(2)15(13(3)8-11)10-16(4,17)9-14-5-6-14/h7-8,14,17H,5-6,9-10H2,1-4H3. The summed E-state index contributed by atoms with van der Waals surface area (Å²) >= 11 is 0. The van der Waals surface area contributed by atoms with Crippen LogP contribution >= 0.6 is 0 Å². The fourth-order valence-electron chi connectivity index (χ4n) is 2.89. The highest BCUT2D eigenvalue weighted by Gasteiger charge is 2.32. The Morgan fingerprint density at radius 2 is 1.71 bits per heavy atom. The summed E-state index contributed by atoms with van der Waals surface area (Å²) in [5, 5.41) is 10.5. The Bertz CT molecular complexity index is 391. The van der Waals surface area contributed by atoms with E-state index in [-0.39, 0.29) is 0 Å². The zero-order chi connectivity index (χ0) is 12.6. The molecule has 0 amide bonds. The molecule has 1 unspecified atom stereocenters. The van der Waals surface area contributed by atoms with Gasteiger partial charge >= 0.3 is 0 Å².